The summed E-state index contributed by atoms with van der Waals surface area (Å²) in [6.07, 6.45) is 2.59. The SMILES string of the molecule is O=C(CCCNC(=O)c1ccccc1)Nc1nccs1. The maximum atomic E-state index is 11.7. The largest absolute Gasteiger partial charge is 0.352 e. The number of hydrogen-bond donors (Lipinski definition) is 2. The Morgan fingerprint density at radius 1 is 1.20 bits per heavy atom. The van der Waals surface area contributed by atoms with Gasteiger partial charge in [0.2, 0.25) is 5.91 Å². The van der Waals surface area contributed by atoms with Gasteiger partial charge in [0, 0.05) is 30.1 Å². The van der Waals surface area contributed by atoms with Gasteiger partial charge < -0.3 is 10.6 Å². The molecule has 2 N–H and O–H groups in total. The van der Waals surface area contributed by atoms with Crippen molar-refractivity contribution in [1.82, 2.24) is 10.3 Å². The van der Waals surface area contributed by atoms with E-state index in [0.717, 1.165) is 0 Å². The van der Waals surface area contributed by atoms with Crippen molar-refractivity contribution < 1.29 is 9.59 Å². The Bertz CT molecular complexity index is 555. The minimum Gasteiger partial charge on any atom is -0.352 e. The van der Waals surface area contributed by atoms with Crippen molar-refractivity contribution in [2.75, 3.05) is 11.9 Å². The van der Waals surface area contributed by atoms with Crippen LogP contribution in [0, 0.1) is 0 Å². The molecule has 0 bridgehead atoms. The van der Waals surface area contributed by atoms with Crippen molar-refractivity contribution in [3.8, 4) is 0 Å². The lowest BCUT2D eigenvalue weighted by Gasteiger charge is -2.05. The van der Waals surface area contributed by atoms with Gasteiger partial charge in [-0.05, 0) is 18.6 Å². The summed E-state index contributed by atoms with van der Waals surface area (Å²) in [5.74, 6) is -0.208. The lowest BCUT2D eigenvalue weighted by atomic mass is 10.2. The number of nitrogens with zero attached hydrogens (tertiary/aromatic N) is 1. The van der Waals surface area contributed by atoms with Crippen LogP contribution in [0.4, 0.5) is 5.13 Å². The van der Waals surface area contributed by atoms with E-state index in [1.807, 2.05) is 18.2 Å². The Morgan fingerprint density at radius 2 is 2.00 bits per heavy atom. The Balaban J connectivity index is 1.64. The van der Waals surface area contributed by atoms with Crippen molar-refractivity contribution in [3.05, 3.63) is 47.5 Å². The van der Waals surface area contributed by atoms with E-state index < -0.39 is 0 Å². The van der Waals surface area contributed by atoms with E-state index in [4.69, 9.17) is 0 Å². The molecule has 0 aliphatic rings. The average molecular weight is 289 g/mol. The number of nitrogens with one attached hydrogen (secondary N) is 2. The summed E-state index contributed by atoms with van der Waals surface area (Å²) in [5, 5.41) is 7.88. The molecule has 0 fully saturated rings. The second-order valence-electron chi connectivity index (χ2n) is 4.11. The highest BCUT2D eigenvalue weighted by Crippen LogP contribution is 2.10. The van der Waals surface area contributed by atoms with Crippen molar-refractivity contribution in [1.29, 1.82) is 0 Å². The Labute approximate surface area is 121 Å². The van der Waals surface area contributed by atoms with E-state index in [2.05, 4.69) is 15.6 Å². The van der Waals surface area contributed by atoms with Gasteiger partial charge in [-0.15, -0.1) is 11.3 Å². The van der Waals surface area contributed by atoms with Gasteiger partial charge in [-0.25, -0.2) is 4.98 Å². The molecule has 2 amide bonds. The number of rotatable bonds is 6. The topological polar surface area (TPSA) is 71.1 Å². The molecule has 1 aromatic heterocycles. The molecule has 6 heteroatoms. The van der Waals surface area contributed by atoms with E-state index in [1.165, 1.54) is 11.3 Å². The minimum atomic E-state index is -0.120. The van der Waals surface area contributed by atoms with Gasteiger partial charge >= 0.3 is 0 Å². The lowest BCUT2D eigenvalue weighted by molar-refractivity contribution is -0.116. The Hall–Kier alpha value is -2.21. The first-order valence-corrected chi connectivity index (χ1v) is 7.16. The van der Waals surface area contributed by atoms with Crippen LogP contribution in [0.1, 0.15) is 23.2 Å². The highest BCUT2D eigenvalue weighted by Gasteiger charge is 2.06. The number of hydrogen-bond acceptors (Lipinski definition) is 4. The minimum absolute atomic E-state index is 0.0890. The smallest absolute Gasteiger partial charge is 0.251 e. The van der Waals surface area contributed by atoms with E-state index in [0.29, 0.717) is 30.1 Å². The summed E-state index contributed by atoms with van der Waals surface area (Å²) in [7, 11) is 0. The fourth-order valence-electron chi connectivity index (χ4n) is 1.61. The summed E-state index contributed by atoms with van der Waals surface area (Å²) in [6.45, 7) is 0.471. The van der Waals surface area contributed by atoms with Crippen molar-refractivity contribution >= 4 is 28.3 Å². The summed E-state index contributed by atoms with van der Waals surface area (Å²) >= 11 is 1.38. The first kappa shape index (κ1) is 14.2. The molecule has 20 heavy (non-hydrogen) atoms. The van der Waals surface area contributed by atoms with Gasteiger partial charge in [-0.1, -0.05) is 18.2 Å². The standard InChI is InChI=1S/C14H15N3O2S/c18-12(17-14-16-9-10-20-14)7-4-8-15-13(19)11-5-2-1-3-6-11/h1-3,5-6,9-10H,4,7-8H2,(H,15,19)(H,16,17,18). The van der Waals surface area contributed by atoms with Crippen LogP contribution in [-0.2, 0) is 4.79 Å². The zero-order chi connectivity index (χ0) is 14.2. The van der Waals surface area contributed by atoms with Crippen LogP contribution >= 0.6 is 11.3 Å². The summed E-state index contributed by atoms with van der Waals surface area (Å²) in [6, 6.07) is 9.00. The van der Waals surface area contributed by atoms with Gasteiger partial charge in [0.15, 0.2) is 5.13 Å². The fourth-order valence-corrected chi connectivity index (χ4v) is 2.15. The third-order valence-corrected chi connectivity index (χ3v) is 3.27. The number of amides is 2. The second-order valence-corrected chi connectivity index (χ2v) is 5.01. The molecular formula is C14H15N3O2S. The molecule has 104 valence electrons. The highest BCUT2D eigenvalue weighted by molar-refractivity contribution is 7.13. The molecule has 0 unspecified atom stereocenters. The predicted octanol–water partition coefficient (Wildman–Crippen LogP) is 2.29. The van der Waals surface area contributed by atoms with Crippen LogP contribution in [0.5, 0.6) is 0 Å². The van der Waals surface area contributed by atoms with Crippen LogP contribution in [0.3, 0.4) is 0 Å². The fraction of sp³-hybridized carbons (Fsp3) is 0.214. The lowest BCUT2D eigenvalue weighted by Crippen LogP contribution is -2.25. The Kier molecular flexibility index (Phi) is 5.25. The van der Waals surface area contributed by atoms with E-state index >= 15 is 0 Å². The second kappa shape index (κ2) is 7.40. The van der Waals surface area contributed by atoms with Crippen molar-refractivity contribution in [3.63, 3.8) is 0 Å². The molecule has 5 nitrogen and oxygen atoms in total. The van der Waals surface area contributed by atoms with Crippen molar-refractivity contribution in [2.45, 2.75) is 12.8 Å². The van der Waals surface area contributed by atoms with E-state index in [-0.39, 0.29) is 11.8 Å². The molecule has 0 spiro atoms. The molecule has 0 radical (unpaired) electrons. The van der Waals surface area contributed by atoms with Gasteiger partial charge in [0.1, 0.15) is 0 Å². The van der Waals surface area contributed by atoms with Gasteiger partial charge in [-0.3, -0.25) is 9.59 Å². The van der Waals surface area contributed by atoms with Crippen molar-refractivity contribution in [2.24, 2.45) is 0 Å². The molecule has 0 aliphatic heterocycles. The molecule has 0 aliphatic carbocycles. The van der Waals surface area contributed by atoms with E-state index in [9.17, 15) is 9.59 Å². The molecule has 0 saturated carbocycles. The summed E-state index contributed by atoms with van der Waals surface area (Å²) in [5.41, 5.74) is 0.625. The third-order valence-electron chi connectivity index (χ3n) is 2.58. The molecule has 2 rings (SSSR count). The monoisotopic (exact) mass is 289 g/mol. The van der Waals surface area contributed by atoms with Crippen LogP contribution in [0.25, 0.3) is 0 Å². The zero-order valence-corrected chi connectivity index (χ0v) is 11.7. The van der Waals surface area contributed by atoms with Crippen LogP contribution in [-0.4, -0.2) is 23.3 Å². The van der Waals surface area contributed by atoms with Crippen LogP contribution < -0.4 is 10.6 Å². The van der Waals surface area contributed by atoms with E-state index in [1.54, 1.807) is 23.7 Å². The average Bonchev–Trinajstić information content (AvgIpc) is 2.97. The number of carbonyl (C=O) groups is 2. The number of anilines is 1. The maximum Gasteiger partial charge on any atom is 0.251 e. The van der Waals surface area contributed by atoms with Crippen LogP contribution in [0.2, 0.25) is 0 Å². The zero-order valence-electron chi connectivity index (χ0n) is 10.8. The maximum absolute atomic E-state index is 11.7. The summed E-state index contributed by atoms with van der Waals surface area (Å²) in [4.78, 5) is 27.3. The molecule has 0 atom stereocenters. The molecule has 2 aromatic rings. The van der Waals surface area contributed by atoms with Gasteiger partial charge in [0.05, 0.1) is 0 Å². The third kappa shape index (κ3) is 4.47. The highest BCUT2D eigenvalue weighted by atomic mass is 32.1. The first-order valence-electron chi connectivity index (χ1n) is 6.28. The quantitative estimate of drug-likeness (QED) is 0.802. The Morgan fingerprint density at radius 3 is 2.70 bits per heavy atom. The van der Waals surface area contributed by atoms with Gasteiger partial charge in [-0.2, -0.15) is 0 Å². The predicted molar refractivity (Wildman–Crippen MR) is 78.8 cm³/mol. The normalized spacial score (nSPS) is 10.0. The molecular weight excluding hydrogens is 274 g/mol. The number of carbonyl (C=O) groups excluding carboxylic acids is 2. The molecule has 0 saturated heterocycles. The molecule has 1 aromatic carbocycles. The van der Waals surface area contributed by atoms with Gasteiger partial charge in [0.25, 0.3) is 5.91 Å². The number of benzene rings is 1. The first-order chi connectivity index (χ1) is 9.75. The number of aromatic nitrogens is 1. The molecule has 1 heterocycles. The summed E-state index contributed by atoms with van der Waals surface area (Å²) < 4.78 is 0. The van der Waals surface area contributed by atoms with Crippen LogP contribution in [0.15, 0.2) is 41.9 Å². The number of thiazole rings is 1.